The first kappa shape index (κ1) is 21.3. The highest BCUT2D eigenvalue weighted by atomic mass is 16.6. The lowest BCUT2D eigenvalue weighted by atomic mass is 9.98. The molecule has 8 N–H and O–H groups in total. The molecule has 12 heteroatoms. The number of rotatable bonds is 9. The molecular formula is C17H27N7O5. The number of nitrogens with one attached hydrogen (secondary N) is 1. The predicted octanol–water partition coefficient (Wildman–Crippen LogP) is -1.41. The first-order valence-corrected chi connectivity index (χ1v) is 9.49. The smallest absolute Gasteiger partial charge is 0.320 e. The van der Waals surface area contributed by atoms with Crippen LogP contribution in [0.4, 0.5) is 5.82 Å². The van der Waals surface area contributed by atoms with Crippen LogP contribution in [0, 0.1) is 0 Å². The summed E-state index contributed by atoms with van der Waals surface area (Å²) < 4.78 is 7.46. The molecule has 3 heterocycles. The van der Waals surface area contributed by atoms with Crippen LogP contribution in [0.25, 0.3) is 11.2 Å². The van der Waals surface area contributed by atoms with Crippen LogP contribution >= 0.6 is 0 Å². The molecule has 0 radical (unpaired) electrons. The van der Waals surface area contributed by atoms with Gasteiger partial charge in [-0.05, 0) is 25.8 Å². The van der Waals surface area contributed by atoms with Crippen LogP contribution in [0.1, 0.15) is 32.4 Å². The van der Waals surface area contributed by atoms with Gasteiger partial charge in [-0.2, -0.15) is 0 Å². The third-order valence-electron chi connectivity index (χ3n) is 5.15. The Morgan fingerprint density at radius 3 is 2.76 bits per heavy atom. The molecule has 29 heavy (non-hydrogen) atoms. The number of ether oxygens (including phenoxy) is 1. The van der Waals surface area contributed by atoms with Gasteiger partial charge in [-0.15, -0.1) is 0 Å². The topological polar surface area (TPSA) is 195 Å². The summed E-state index contributed by atoms with van der Waals surface area (Å²) in [6.07, 6.45) is -0.0165. The van der Waals surface area contributed by atoms with Crippen molar-refractivity contribution in [3.05, 3.63) is 12.7 Å². The number of hydrogen-bond donors (Lipinski definition) is 6. The lowest BCUT2D eigenvalue weighted by Crippen LogP contribution is -2.39. The van der Waals surface area contributed by atoms with Crippen LogP contribution in [0.5, 0.6) is 0 Å². The summed E-state index contributed by atoms with van der Waals surface area (Å²) in [6, 6.07) is -1.08. The monoisotopic (exact) mass is 409 g/mol. The van der Waals surface area contributed by atoms with E-state index in [0.29, 0.717) is 30.6 Å². The van der Waals surface area contributed by atoms with E-state index < -0.39 is 36.6 Å². The molecule has 1 aliphatic rings. The van der Waals surface area contributed by atoms with Gasteiger partial charge in [0.1, 0.15) is 30.1 Å². The van der Waals surface area contributed by atoms with Gasteiger partial charge >= 0.3 is 5.97 Å². The molecule has 12 nitrogen and oxygen atoms in total. The number of aliphatic hydroxyl groups excluding tert-OH is 2. The number of nitrogens with two attached hydrogens (primary N) is 2. The standard InChI is InChI=1S/C17H27N7O5/c1-2-20-8(3-4-9(18)17(27)28)5-10-12(25)13(26)16(29-10)24-7-23-11-14(19)21-6-22-15(11)24/h6-10,12-13,16,20,25-26H,2-5,18H2,1H3,(H,27,28)(H2,19,21,22)/t8-,9-,10+,12+,13+,16+/m0/s1. The Balaban J connectivity index is 1.72. The molecule has 1 saturated heterocycles. The van der Waals surface area contributed by atoms with E-state index in [1.54, 1.807) is 0 Å². The van der Waals surface area contributed by atoms with Gasteiger partial charge in [0, 0.05) is 6.04 Å². The first-order chi connectivity index (χ1) is 13.8. The van der Waals surface area contributed by atoms with E-state index in [-0.39, 0.29) is 18.3 Å². The first-order valence-electron chi connectivity index (χ1n) is 9.49. The SMILES string of the molecule is CCN[C@@H](CC[C@H](N)C(=O)O)C[C@H]1O[C@@H](n2cnc3c(N)ncnc32)[C@H](O)[C@@H]1O. The summed E-state index contributed by atoms with van der Waals surface area (Å²) in [7, 11) is 0. The van der Waals surface area contributed by atoms with Crippen LogP contribution in [0.3, 0.4) is 0 Å². The minimum Gasteiger partial charge on any atom is -0.480 e. The van der Waals surface area contributed by atoms with E-state index in [1.165, 1.54) is 17.2 Å². The zero-order valence-electron chi connectivity index (χ0n) is 16.0. The third kappa shape index (κ3) is 4.46. The lowest BCUT2D eigenvalue weighted by Gasteiger charge is -2.23. The maximum atomic E-state index is 10.9. The number of anilines is 1. The molecule has 0 bridgehead atoms. The second-order valence-corrected chi connectivity index (χ2v) is 7.14. The van der Waals surface area contributed by atoms with Gasteiger partial charge in [-0.25, -0.2) is 15.0 Å². The number of fused-ring (bicyclic) bond motifs is 1. The third-order valence-corrected chi connectivity index (χ3v) is 5.15. The largest absolute Gasteiger partial charge is 0.480 e. The molecule has 0 aliphatic carbocycles. The number of carboxylic acids is 1. The number of nitrogens with zero attached hydrogens (tertiary/aromatic N) is 4. The number of aromatic nitrogens is 4. The van der Waals surface area contributed by atoms with E-state index in [0.717, 1.165) is 0 Å². The number of aliphatic hydroxyl groups is 2. The Bertz CT molecular complexity index is 847. The second kappa shape index (κ2) is 8.97. The fourth-order valence-electron chi connectivity index (χ4n) is 3.59. The van der Waals surface area contributed by atoms with E-state index in [2.05, 4.69) is 20.3 Å². The average Bonchev–Trinajstić information content (AvgIpc) is 3.23. The molecule has 2 aromatic heterocycles. The van der Waals surface area contributed by atoms with Gasteiger partial charge in [-0.1, -0.05) is 6.92 Å². The highest BCUT2D eigenvalue weighted by Crippen LogP contribution is 2.34. The summed E-state index contributed by atoms with van der Waals surface area (Å²) in [5.41, 5.74) is 12.2. The van der Waals surface area contributed by atoms with Gasteiger partial charge in [-0.3, -0.25) is 9.36 Å². The second-order valence-electron chi connectivity index (χ2n) is 7.14. The average molecular weight is 409 g/mol. The molecule has 2 aromatic rings. The fourth-order valence-corrected chi connectivity index (χ4v) is 3.59. The Morgan fingerprint density at radius 1 is 1.31 bits per heavy atom. The Morgan fingerprint density at radius 2 is 2.07 bits per heavy atom. The molecule has 1 aliphatic heterocycles. The van der Waals surface area contributed by atoms with Crippen molar-refractivity contribution in [3.63, 3.8) is 0 Å². The number of carbonyl (C=O) groups is 1. The zero-order chi connectivity index (χ0) is 21.1. The van der Waals surface area contributed by atoms with Crippen molar-refractivity contribution in [3.8, 4) is 0 Å². The van der Waals surface area contributed by atoms with E-state index in [4.69, 9.17) is 21.3 Å². The molecule has 0 unspecified atom stereocenters. The quantitative estimate of drug-likeness (QED) is 0.285. The normalized spacial score (nSPS) is 26.6. The van der Waals surface area contributed by atoms with Gasteiger partial charge in [0.25, 0.3) is 0 Å². The minimum absolute atomic E-state index is 0.131. The number of aliphatic carboxylic acids is 1. The van der Waals surface area contributed by atoms with Crippen molar-refractivity contribution in [2.75, 3.05) is 12.3 Å². The molecule has 0 saturated carbocycles. The highest BCUT2D eigenvalue weighted by Gasteiger charge is 2.44. The lowest BCUT2D eigenvalue weighted by molar-refractivity contribution is -0.138. The number of hydrogen-bond acceptors (Lipinski definition) is 10. The maximum absolute atomic E-state index is 10.9. The van der Waals surface area contributed by atoms with Crippen molar-refractivity contribution in [2.45, 2.75) is 62.8 Å². The maximum Gasteiger partial charge on any atom is 0.320 e. The summed E-state index contributed by atoms with van der Waals surface area (Å²) >= 11 is 0. The number of nitrogen functional groups attached to an aromatic ring is 1. The zero-order valence-corrected chi connectivity index (χ0v) is 16.0. The van der Waals surface area contributed by atoms with Crippen molar-refractivity contribution in [1.82, 2.24) is 24.8 Å². The van der Waals surface area contributed by atoms with Gasteiger partial charge in [0.05, 0.1) is 12.4 Å². The Labute approximate surface area is 166 Å². The molecule has 0 amide bonds. The van der Waals surface area contributed by atoms with Crippen LogP contribution < -0.4 is 16.8 Å². The van der Waals surface area contributed by atoms with E-state index in [9.17, 15) is 15.0 Å². The molecular weight excluding hydrogens is 382 g/mol. The van der Waals surface area contributed by atoms with E-state index in [1.807, 2.05) is 6.92 Å². The van der Waals surface area contributed by atoms with Gasteiger partial charge in [0.15, 0.2) is 17.7 Å². The van der Waals surface area contributed by atoms with Gasteiger partial charge < -0.3 is 36.8 Å². The summed E-state index contributed by atoms with van der Waals surface area (Å²) in [5.74, 6) is -0.846. The van der Waals surface area contributed by atoms with Crippen molar-refractivity contribution < 1.29 is 24.9 Å². The van der Waals surface area contributed by atoms with Crippen molar-refractivity contribution in [2.24, 2.45) is 5.73 Å². The van der Waals surface area contributed by atoms with Crippen molar-refractivity contribution in [1.29, 1.82) is 0 Å². The summed E-state index contributed by atoms with van der Waals surface area (Å²) in [5, 5.41) is 33.3. The van der Waals surface area contributed by atoms with Crippen LogP contribution in [-0.4, -0.2) is 77.7 Å². The fraction of sp³-hybridized carbons (Fsp3) is 0.647. The number of imidazole rings is 1. The molecule has 1 fully saturated rings. The summed E-state index contributed by atoms with van der Waals surface area (Å²) in [6.45, 7) is 2.58. The Kier molecular flexibility index (Phi) is 6.59. The highest BCUT2D eigenvalue weighted by molar-refractivity contribution is 5.81. The van der Waals surface area contributed by atoms with Crippen molar-refractivity contribution >= 4 is 23.0 Å². The minimum atomic E-state index is -1.20. The molecule has 0 aromatic carbocycles. The molecule has 0 spiro atoms. The predicted molar refractivity (Wildman–Crippen MR) is 103 cm³/mol. The van der Waals surface area contributed by atoms with Gasteiger partial charge in [0.2, 0.25) is 0 Å². The number of carboxylic acid groups (broad SMARTS) is 1. The molecule has 3 rings (SSSR count). The van der Waals surface area contributed by atoms with E-state index >= 15 is 0 Å². The Hall–Kier alpha value is -2.38. The summed E-state index contributed by atoms with van der Waals surface area (Å²) in [4.78, 5) is 23.1. The van der Waals surface area contributed by atoms with Crippen LogP contribution in [0.2, 0.25) is 0 Å². The van der Waals surface area contributed by atoms with Crippen LogP contribution in [0.15, 0.2) is 12.7 Å². The molecule has 160 valence electrons. The molecule has 6 atom stereocenters. The van der Waals surface area contributed by atoms with Crippen LogP contribution in [-0.2, 0) is 9.53 Å².